The lowest BCUT2D eigenvalue weighted by Gasteiger charge is -2.34. The van der Waals surface area contributed by atoms with Crippen molar-refractivity contribution in [3.63, 3.8) is 0 Å². The molecule has 13 heteroatoms. The first-order valence-corrected chi connectivity index (χ1v) is 17.0. The van der Waals surface area contributed by atoms with E-state index in [0.29, 0.717) is 29.4 Å². The van der Waals surface area contributed by atoms with Crippen LogP contribution in [0.1, 0.15) is 61.3 Å². The number of benzene rings is 2. The molecule has 0 spiro atoms. The maximum atomic E-state index is 14.6. The van der Waals surface area contributed by atoms with Crippen LogP contribution in [0.25, 0.3) is 0 Å². The van der Waals surface area contributed by atoms with Gasteiger partial charge in [-0.05, 0) is 94.0 Å². The standard InChI is InChI=1S/C31H42Cl2N3O7P/c1-19(2)26(34-30(39)41-31(5,6)7)29(38)36-18-8-9-25(36)27(37)35-28(20(3)4)44(40,42-23-14-10-21(32)11-15-23)43-24-16-12-22(33)13-17-24/h10-17,19-20,25-26,28H,8-9,18H2,1-7H3,(H,34,39)(H,35,37)/t25-,26-,28+/m0/s1. The van der Waals surface area contributed by atoms with Crippen molar-refractivity contribution in [2.45, 2.75) is 84.8 Å². The molecule has 44 heavy (non-hydrogen) atoms. The molecule has 242 valence electrons. The maximum absolute atomic E-state index is 14.6. The third-order valence-electron chi connectivity index (χ3n) is 6.80. The van der Waals surface area contributed by atoms with Crippen molar-refractivity contribution in [3.8, 4) is 11.5 Å². The van der Waals surface area contributed by atoms with E-state index in [4.69, 9.17) is 37.0 Å². The predicted octanol–water partition coefficient (Wildman–Crippen LogP) is 7.28. The molecule has 1 saturated heterocycles. The van der Waals surface area contributed by atoms with Crippen molar-refractivity contribution in [2.24, 2.45) is 11.8 Å². The number of carbonyl (C=O) groups is 3. The monoisotopic (exact) mass is 669 g/mol. The number of nitrogens with zero attached hydrogens (tertiary/aromatic N) is 1. The van der Waals surface area contributed by atoms with Gasteiger partial charge in [0.25, 0.3) is 0 Å². The van der Waals surface area contributed by atoms with E-state index in [-0.39, 0.29) is 17.4 Å². The molecule has 1 aliphatic rings. The molecular formula is C31H42Cl2N3O7P. The summed E-state index contributed by atoms with van der Waals surface area (Å²) < 4.78 is 31.9. The van der Waals surface area contributed by atoms with Gasteiger partial charge in [-0.25, -0.2) is 9.36 Å². The average Bonchev–Trinajstić information content (AvgIpc) is 3.41. The first-order valence-electron chi connectivity index (χ1n) is 14.6. The molecule has 0 aromatic heterocycles. The summed E-state index contributed by atoms with van der Waals surface area (Å²) in [6.07, 6.45) is 0.248. The Bertz CT molecular complexity index is 1300. The number of rotatable bonds is 11. The number of alkyl carbamates (subject to hydrolysis) is 1. The van der Waals surface area contributed by atoms with Gasteiger partial charge in [0.1, 0.15) is 29.2 Å². The minimum Gasteiger partial charge on any atom is -0.444 e. The number of carbonyl (C=O) groups excluding carboxylic acids is 3. The Morgan fingerprint density at radius 3 is 1.80 bits per heavy atom. The molecule has 0 saturated carbocycles. The van der Waals surface area contributed by atoms with Crippen LogP contribution in [0.15, 0.2) is 48.5 Å². The first kappa shape index (κ1) is 35.5. The predicted molar refractivity (Wildman–Crippen MR) is 171 cm³/mol. The van der Waals surface area contributed by atoms with Crippen LogP contribution in [0.4, 0.5) is 4.79 Å². The quantitative estimate of drug-likeness (QED) is 0.241. The summed E-state index contributed by atoms with van der Waals surface area (Å²) in [7, 11) is -4.17. The summed E-state index contributed by atoms with van der Waals surface area (Å²) in [5.74, 6) is -2.22. The average molecular weight is 671 g/mol. The van der Waals surface area contributed by atoms with E-state index in [2.05, 4.69) is 10.6 Å². The van der Waals surface area contributed by atoms with Gasteiger partial charge in [-0.3, -0.25) is 9.59 Å². The number of amides is 3. The van der Waals surface area contributed by atoms with Gasteiger partial charge in [-0.15, -0.1) is 0 Å². The van der Waals surface area contributed by atoms with Gasteiger partial charge in [0.05, 0.1) is 0 Å². The summed E-state index contributed by atoms with van der Waals surface area (Å²) in [6, 6.07) is 10.8. The topological polar surface area (TPSA) is 123 Å². The number of nitrogens with one attached hydrogen (secondary N) is 2. The van der Waals surface area contributed by atoms with E-state index >= 15 is 0 Å². The fraction of sp³-hybridized carbons (Fsp3) is 0.516. The molecule has 0 unspecified atom stereocenters. The fourth-order valence-electron chi connectivity index (χ4n) is 4.70. The Hall–Kier alpha value is -2.94. The lowest BCUT2D eigenvalue weighted by Crippen LogP contribution is -2.56. The van der Waals surface area contributed by atoms with Crippen molar-refractivity contribution in [2.75, 3.05) is 6.54 Å². The lowest BCUT2D eigenvalue weighted by atomic mass is 10.0. The van der Waals surface area contributed by atoms with Crippen LogP contribution < -0.4 is 19.7 Å². The maximum Gasteiger partial charge on any atom is 0.453 e. The van der Waals surface area contributed by atoms with Crippen LogP contribution in [0.5, 0.6) is 11.5 Å². The van der Waals surface area contributed by atoms with Crippen LogP contribution in [0, 0.1) is 11.8 Å². The lowest BCUT2D eigenvalue weighted by molar-refractivity contribution is -0.141. The number of hydrogen-bond donors (Lipinski definition) is 2. The minimum atomic E-state index is -4.17. The Morgan fingerprint density at radius 1 is 0.864 bits per heavy atom. The summed E-state index contributed by atoms with van der Waals surface area (Å²) in [4.78, 5) is 41.5. The summed E-state index contributed by atoms with van der Waals surface area (Å²) in [5.41, 5.74) is -0.743. The third kappa shape index (κ3) is 9.78. The van der Waals surface area contributed by atoms with Crippen molar-refractivity contribution < 1.29 is 32.7 Å². The molecule has 10 nitrogen and oxygen atoms in total. The molecule has 0 bridgehead atoms. The Morgan fingerprint density at radius 2 is 1.36 bits per heavy atom. The van der Waals surface area contributed by atoms with Crippen molar-refractivity contribution in [3.05, 3.63) is 58.6 Å². The van der Waals surface area contributed by atoms with E-state index < -0.39 is 54.9 Å². The van der Waals surface area contributed by atoms with E-state index in [1.165, 1.54) is 4.90 Å². The molecule has 1 fully saturated rings. The van der Waals surface area contributed by atoms with Gasteiger partial charge in [0.2, 0.25) is 11.8 Å². The van der Waals surface area contributed by atoms with Gasteiger partial charge in [0.15, 0.2) is 5.78 Å². The molecule has 1 heterocycles. The van der Waals surface area contributed by atoms with Gasteiger partial charge in [-0.1, -0.05) is 50.9 Å². The highest BCUT2D eigenvalue weighted by molar-refractivity contribution is 7.55. The van der Waals surface area contributed by atoms with Gasteiger partial charge < -0.3 is 29.3 Å². The molecular weight excluding hydrogens is 628 g/mol. The van der Waals surface area contributed by atoms with Gasteiger partial charge in [-0.2, -0.15) is 0 Å². The van der Waals surface area contributed by atoms with Crippen LogP contribution in [0.3, 0.4) is 0 Å². The summed E-state index contributed by atoms with van der Waals surface area (Å²) in [5, 5.41) is 6.47. The zero-order chi connectivity index (χ0) is 32.8. The second kappa shape index (κ2) is 14.9. The molecule has 2 aromatic carbocycles. The third-order valence-corrected chi connectivity index (χ3v) is 9.64. The van der Waals surface area contributed by atoms with Crippen LogP contribution in [0.2, 0.25) is 10.0 Å². The zero-order valence-electron chi connectivity index (χ0n) is 26.1. The molecule has 2 N–H and O–H groups in total. The number of halogens is 2. The summed E-state index contributed by atoms with van der Waals surface area (Å²) in [6.45, 7) is 12.7. The van der Waals surface area contributed by atoms with Crippen LogP contribution in [-0.2, 0) is 18.9 Å². The second-order valence-electron chi connectivity index (χ2n) is 12.4. The van der Waals surface area contributed by atoms with Crippen molar-refractivity contribution in [1.29, 1.82) is 0 Å². The van der Waals surface area contributed by atoms with Crippen molar-refractivity contribution >= 4 is 48.7 Å². The number of hydrogen-bond acceptors (Lipinski definition) is 7. The minimum absolute atomic E-state index is 0.234. The van der Waals surface area contributed by atoms with Crippen LogP contribution >= 0.6 is 30.8 Å². The highest BCUT2D eigenvalue weighted by atomic mass is 35.5. The molecule has 3 atom stereocenters. The molecule has 3 amide bonds. The summed E-state index contributed by atoms with van der Waals surface area (Å²) >= 11 is 12.1. The van der Waals surface area contributed by atoms with E-state index in [1.54, 1.807) is 97.0 Å². The highest BCUT2D eigenvalue weighted by Crippen LogP contribution is 2.54. The Balaban J connectivity index is 1.87. The first-order chi connectivity index (χ1) is 20.5. The Kier molecular flexibility index (Phi) is 12.0. The van der Waals surface area contributed by atoms with Crippen LogP contribution in [-0.4, -0.2) is 52.8 Å². The number of ether oxygens (including phenoxy) is 1. The van der Waals surface area contributed by atoms with E-state index in [1.807, 2.05) is 0 Å². The van der Waals surface area contributed by atoms with Crippen molar-refractivity contribution in [1.82, 2.24) is 15.5 Å². The molecule has 1 aliphatic heterocycles. The van der Waals surface area contributed by atoms with E-state index in [0.717, 1.165) is 0 Å². The number of likely N-dealkylation sites (tertiary alicyclic amines) is 1. The molecule has 0 radical (unpaired) electrons. The van der Waals surface area contributed by atoms with Gasteiger partial charge >= 0.3 is 13.7 Å². The molecule has 2 aromatic rings. The molecule has 3 rings (SSSR count). The second-order valence-corrected chi connectivity index (χ2v) is 15.3. The smallest absolute Gasteiger partial charge is 0.444 e. The molecule has 0 aliphatic carbocycles. The normalized spacial score (nSPS) is 16.8. The highest BCUT2D eigenvalue weighted by Gasteiger charge is 2.46. The van der Waals surface area contributed by atoms with Gasteiger partial charge in [0, 0.05) is 16.6 Å². The largest absolute Gasteiger partial charge is 0.453 e. The zero-order valence-corrected chi connectivity index (χ0v) is 28.5. The Labute approximate surface area is 269 Å². The fourth-order valence-corrected chi connectivity index (χ4v) is 7.06. The van der Waals surface area contributed by atoms with E-state index in [9.17, 15) is 18.9 Å². The SMILES string of the molecule is CC(C)[C@H](NC(=O)OC(C)(C)C)C(=O)N1CCC[C@H]1C(=O)N[C@@H](C(C)C)P(=O)(Oc1ccc(Cl)cc1)Oc1ccc(Cl)cc1.